The first-order valence-electron chi connectivity index (χ1n) is 8.62. The Balaban J connectivity index is 1.74. The molecule has 0 radical (unpaired) electrons. The number of aliphatic carboxylic acids is 1. The summed E-state index contributed by atoms with van der Waals surface area (Å²) in [7, 11) is -4.04. The van der Waals surface area contributed by atoms with Gasteiger partial charge in [-0.2, -0.15) is 0 Å². The van der Waals surface area contributed by atoms with Crippen LogP contribution in [0, 0.1) is 0 Å². The summed E-state index contributed by atoms with van der Waals surface area (Å²) in [6.45, 7) is 1.41. The number of carboxylic acid groups (broad SMARTS) is 1. The monoisotopic (exact) mass is 498 g/mol. The predicted molar refractivity (Wildman–Crippen MR) is 121 cm³/mol. The minimum atomic E-state index is -4.04. The highest BCUT2D eigenvalue weighted by Gasteiger charge is 2.35. The fourth-order valence-electron chi connectivity index (χ4n) is 2.38. The normalized spacial score (nSPS) is 16.6. The van der Waals surface area contributed by atoms with E-state index in [4.69, 9.17) is 33.7 Å². The van der Waals surface area contributed by atoms with Crippen LogP contribution < -0.4 is 9.57 Å². The molecule has 0 spiro atoms. The van der Waals surface area contributed by atoms with Gasteiger partial charge >= 0.3 is 5.97 Å². The smallest absolute Gasteiger partial charge is 0.344 e. The van der Waals surface area contributed by atoms with Crippen LogP contribution in [0.1, 0.15) is 12.5 Å². The van der Waals surface area contributed by atoms with Gasteiger partial charge in [0.25, 0.3) is 15.9 Å². The van der Waals surface area contributed by atoms with Crippen LogP contribution >= 0.6 is 35.6 Å². The molecule has 0 aromatic heterocycles. The lowest BCUT2D eigenvalue weighted by molar-refractivity contribution is -0.144. The Morgan fingerprint density at radius 1 is 1.23 bits per heavy atom. The van der Waals surface area contributed by atoms with Crippen molar-refractivity contribution in [3.63, 3.8) is 0 Å². The van der Waals surface area contributed by atoms with Crippen LogP contribution in [-0.4, -0.2) is 40.8 Å². The molecule has 1 saturated heterocycles. The first kappa shape index (κ1) is 23.2. The SMILES string of the molecule is CC(Oc1ccc(/C=C2/SC(=S)N(NS(=O)(=O)c3ccc(Cl)cc3)C2=O)cc1)C(=O)O. The van der Waals surface area contributed by atoms with Gasteiger partial charge in [-0.25, -0.2) is 18.2 Å². The summed E-state index contributed by atoms with van der Waals surface area (Å²) < 4.78 is 30.4. The Hall–Kier alpha value is -2.44. The largest absolute Gasteiger partial charge is 0.479 e. The van der Waals surface area contributed by atoms with Crippen molar-refractivity contribution in [2.75, 3.05) is 0 Å². The van der Waals surface area contributed by atoms with Crippen LogP contribution in [0.5, 0.6) is 5.75 Å². The van der Waals surface area contributed by atoms with Gasteiger partial charge in [0.15, 0.2) is 10.4 Å². The van der Waals surface area contributed by atoms with Crippen LogP contribution in [0.15, 0.2) is 58.3 Å². The van der Waals surface area contributed by atoms with E-state index in [9.17, 15) is 18.0 Å². The van der Waals surface area contributed by atoms with Gasteiger partial charge in [-0.3, -0.25) is 4.79 Å². The van der Waals surface area contributed by atoms with Crippen molar-refractivity contribution in [2.45, 2.75) is 17.9 Å². The molecule has 0 saturated carbocycles. The van der Waals surface area contributed by atoms with E-state index in [0.717, 1.165) is 16.8 Å². The number of thiocarbonyl (C=S) groups is 1. The topological polar surface area (TPSA) is 113 Å². The van der Waals surface area contributed by atoms with Crippen LogP contribution in [0.25, 0.3) is 6.08 Å². The first-order valence-corrected chi connectivity index (χ1v) is 11.7. The number of carbonyl (C=O) groups is 2. The zero-order valence-electron chi connectivity index (χ0n) is 15.8. The summed E-state index contributed by atoms with van der Waals surface area (Å²) in [5, 5.41) is 10.1. The summed E-state index contributed by atoms with van der Waals surface area (Å²) >= 11 is 11.9. The second-order valence-corrected chi connectivity index (χ2v) is 10.0. The van der Waals surface area contributed by atoms with E-state index in [-0.39, 0.29) is 14.1 Å². The number of ether oxygens (including phenoxy) is 1. The van der Waals surface area contributed by atoms with E-state index in [0.29, 0.717) is 16.3 Å². The molecule has 1 fully saturated rings. The second kappa shape index (κ2) is 9.37. The molecular formula is C19H15ClN2O6S3. The minimum absolute atomic E-state index is 0.0315. The Morgan fingerprint density at radius 3 is 2.42 bits per heavy atom. The fourth-order valence-corrected chi connectivity index (χ4v) is 4.82. The van der Waals surface area contributed by atoms with Gasteiger partial charge < -0.3 is 9.84 Å². The lowest BCUT2D eigenvalue weighted by Crippen LogP contribution is -2.44. The van der Waals surface area contributed by atoms with E-state index in [1.54, 1.807) is 30.3 Å². The van der Waals surface area contributed by atoms with Crippen molar-refractivity contribution in [2.24, 2.45) is 0 Å². The van der Waals surface area contributed by atoms with Gasteiger partial charge in [-0.05, 0) is 55.0 Å². The van der Waals surface area contributed by atoms with Gasteiger partial charge in [0.2, 0.25) is 0 Å². The zero-order valence-corrected chi connectivity index (χ0v) is 19.0. The molecule has 1 aliphatic heterocycles. The molecule has 3 rings (SSSR count). The molecule has 2 aromatic rings. The molecule has 162 valence electrons. The maximum Gasteiger partial charge on any atom is 0.344 e. The molecule has 1 aliphatic rings. The number of rotatable bonds is 7. The quantitative estimate of drug-likeness (QED) is 0.441. The number of sulfonamides is 1. The third-order valence-corrected chi connectivity index (χ3v) is 6.84. The summed E-state index contributed by atoms with van der Waals surface area (Å²) in [6.07, 6.45) is 0.538. The summed E-state index contributed by atoms with van der Waals surface area (Å²) in [4.78, 5) is 25.9. The van der Waals surface area contributed by atoms with E-state index in [1.807, 2.05) is 0 Å². The molecule has 31 heavy (non-hydrogen) atoms. The van der Waals surface area contributed by atoms with E-state index in [1.165, 1.54) is 31.2 Å². The Bertz CT molecular complexity index is 1160. The minimum Gasteiger partial charge on any atom is -0.479 e. The molecular weight excluding hydrogens is 484 g/mol. The number of benzene rings is 2. The van der Waals surface area contributed by atoms with Crippen molar-refractivity contribution in [3.8, 4) is 5.75 Å². The van der Waals surface area contributed by atoms with E-state index >= 15 is 0 Å². The fraction of sp³-hybridized carbons (Fsp3) is 0.105. The average Bonchev–Trinajstić information content (AvgIpc) is 2.96. The number of amides is 1. The first-order chi connectivity index (χ1) is 14.6. The Labute approximate surface area is 192 Å². The van der Waals surface area contributed by atoms with Gasteiger partial charge in [0.1, 0.15) is 5.75 Å². The van der Waals surface area contributed by atoms with Crippen LogP contribution in [0.2, 0.25) is 5.02 Å². The van der Waals surface area contributed by atoms with Gasteiger partial charge in [-0.1, -0.05) is 47.7 Å². The maximum atomic E-state index is 12.7. The highest BCUT2D eigenvalue weighted by atomic mass is 35.5. The van der Waals surface area contributed by atoms with Crippen molar-refractivity contribution in [3.05, 3.63) is 64.0 Å². The van der Waals surface area contributed by atoms with Crippen LogP contribution in [0.4, 0.5) is 0 Å². The molecule has 2 aromatic carbocycles. The summed E-state index contributed by atoms with van der Waals surface area (Å²) in [6, 6.07) is 11.9. The molecule has 1 amide bonds. The van der Waals surface area contributed by atoms with Crippen LogP contribution in [0.3, 0.4) is 0 Å². The highest BCUT2D eigenvalue weighted by molar-refractivity contribution is 8.26. The molecule has 2 N–H and O–H groups in total. The van der Waals surface area contributed by atoms with Crippen molar-refractivity contribution >= 4 is 67.9 Å². The standard InChI is InChI=1S/C19H15ClN2O6S3/c1-11(18(24)25)28-14-6-2-12(3-7-14)10-16-17(23)22(19(29)30-16)21-31(26,27)15-8-4-13(20)5-9-15/h2-11,21H,1H3,(H,24,25)/b16-10+. The lowest BCUT2D eigenvalue weighted by Gasteiger charge is -2.16. The number of nitrogens with one attached hydrogen (secondary N) is 1. The average molecular weight is 499 g/mol. The summed E-state index contributed by atoms with van der Waals surface area (Å²) in [5.74, 6) is -1.35. The number of carbonyl (C=O) groups excluding carboxylic acids is 1. The van der Waals surface area contributed by atoms with Gasteiger partial charge in [-0.15, -0.1) is 4.83 Å². The Kier molecular flexibility index (Phi) is 7.02. The molecule has 0 bridgehead atoms. The maximum absolute atomic E-state index is 12.7. The zero-order chi connectivity index (χ0) is 22.8. The molecule has 0 aliphatic carbocycles. The lowest BCUT2D eigenvalue weighted by atomic mass is 10.2. The Morgan fingerprint density at radius 2 is 1.84 bits per heavy atom. The third-order valence-electron chi connectivity index (χ3n) is 3.97. The summed E-state index contributed by atoms with van der Waals surface area (Å²) in [5.41, 5.74) is 0.622. The van der Waals surface area contributed by atoms with Crippen molar-refractivity contribution in [1.29, 1.82) is 0 Å². The highest BCUT2D eigenvalue weighted by Crippen LogP contribution is 2.32. The predicted octanol–water partition coefficient (Wildman–Crippen LogP) is 3.29. The third kappa shape index (κ3) is 5.63. The number of hydrogen-bond acceptors (Lipinski definition) is 7. The number of carboxylic acids is 1. The second-order valence-electron chi connectivity index (χ2n) is 6.23. The molecule has 8 nitrogen and oxygen atoms in total. The van der Waals surface area contributed by atoms with Crippen molar-refractivity contribution in [1.82, 2.24) is 9.84 Å². The van der Waals surface area contributed by atoms with Gasteiger partial charge in [0, 0.05) is 5.02 Å². The van der Waals surface area contributed by atoms with Gasteiger partial charge in [0.05, 0.1) is 9.80 Å². The number of thioether (sulfide) groups is 1. The number of hydrazine groups is 1. The molecule has 1 heterocycles. The van der Waals surface area contributed by atoms with E-state index < -0.39 is 28.0 Å². The number of hydrogen-bond donors (Lipinski definition) is 2. The van der Waals surface area contributed by atoms with Crippen molar-refractivity contribution < 1.29 is 27.9 Å². The molecule has 1 unspecified atom stereocenters. The number of halogens is 1. The van der Waals surface area contributed by atoms with E-state index in [2.05, 4.69) is 4.83 Å². The van der Waals surface area contributed by atoms with Crippen LogP contribution in [-0.2, 0) is 19.6 Å². The molecule has 12 heteroatoms. The number of nitrogens with zero attached hydrogens (tertiary/aromatic N) is 1. The molecule has 1 atom stereocenters.